The van der Waals surface area contributed by atoms with Gasteiger partial charge in [0.2, 0.25) is 0 Å². The van der Waals surface area contributed by atoms with Crippen molar-refractivity contribution in [3.63, 3.8) is 0 Å². The molecule has 0 saturated carbocycles. The normalized spacial score (nSPS) is 12.5. The minimum atomic E-state index is 0.342. The Morgan fingerprint density at radius 3 is 2.47 bits per heavy atom. The fourth-order valence-corrected chi connectivity index (χ4v) is 1.96. The first kappa shape index (κ1) is 13.9. The van der Waals surface area contributed by atoms with Gasteiger partial charge in [-0.15, -0.1) is 0 Å². The van der Waals surface area contributed by atoms with Crippen LogP contribution in [0.5, 0.6) is 0 Å². The topological polar surface area (TPSA) is 42.1 Å². The summed E-state index contributed by atoms with van der Waals surface area (Å²) in [4.78, 5) is 6.83. The van der Waals surface area contributed by atoms with E-state index in [-0.39, 0.29) is 0 Å². The number of thiocarbonyl (C=S) groups is 1. The summed E-state index contributed by atoms with van der Waals surface area (Å²) in [5.74, 6) is 0.691. The zero-order valence-corrected chi connectivity index (χ0v) is 11.8. The molecule has 2 N–H and O–H groups in total. The molecule has 0 saturated heterocycles. The smallest absolute Gasteiger partial charge is 0.122 e. The monoisotopic (exact) mass is 251 g/mol. The van der Waals surface area contributed by atoms with Gasteiger partial charge in [-0.3, -0.25) is 4.98 Å². The second kappa shape index (κ2) is 5.96. The molecule has 0 radical (unpaired) electrons. The Balaban J connectivity index is 2.75. The predicted molar refractivity (Wildman–Crippen MR) is 77.4 cm³/mol. The van der Waals surface area contributed by atoms with Gasteiger partial charge >= 0.3 is 0 Å². The van der Waals surface area contributed by atoms with Crippen LogP contribution in [0.3, 0.4) is 0 Å². The van der Waals surface area contributed by atoms with E-state index in [0.29, 0.717) is 22.6 Å². The van der Waals surface area contributed by atoms with Crippen LogP contribution in [0.2, 0.25) is 0 Å². The lowest BCUT2D eigenvalue weighted by atomic mass is 10.0. The van der Waals surface area contributed by atoms with Gasteiger partial charge in [0.15, 0.2) is 0 Å². The van der Waals surface area contributed by atoms with E-state index in [2.05, 4.69) is 37.7 Å². The fraction of sp³-hybridized carbons (Fsp3) is 0.538. The summed E-state index contributed by atoms with van der Waals surface area (Å²) >= 11 is 4.88. The molecule has 1 unspecified atom stereocenters. The highest BCUT2D eigenvalue weighted by atomic mass is 32.1. The van der Waals surface area contributed by atoms with Gasteiger partial charge in [0.25, 0.3) is 0 Å². The maximum atomic E-state index is 5.52. The lowest BCUT2D eigenvalue weighted by Crippen LogP contribution is -2.30. The van der Waals surface area contributed by atoms with E-state index >= 15 is 0 Å². The van der Waals surface area contributed by atoms with E-state index in [1.807, 2.05) is 18.3 Å². The summed E-state index contributed by atoms with van der Waals surface area (Å²) in [6, 6.07) is 4.38. The quantitative estimate of drug-likeness (QED) is 0.817. The van der Waals surface area contributed by atoms with Gasteiger partial charge in [-0.25, -0.2) is 0 Å². The van der Waals surface area contributed by atoms with Crippen LogP contribution in [0.15, 0.2) is 18.3 Å². The van der Waals surface area contributed by atoms with Crippen LogP contribution in [0.25, 0.3) is 0 Å². The van der Waals surface area contributed by atoms with Gasteiger partial charge in [0.1, 0.15) is 4.99 Å². The molecule has 4 heteroatoms. The third-order valence-corrected chi connectivity index (χ3v) is 3.09. The van der Waals surface area contributed by atoms with Crippen molar-refractivity contribution in [2.45, 2.75) is 33.2 Å². The molecule has 1 rings (SSSR count). The molecule has 1 aromatic heterocycles. The first-order chi connectivity index (χ1) is 7.91. The molecule has 1 heterocycles. The fourth-order valence-electron chi connectivity index (χ4n) is 1.84. The van der Waals surface area contributed by atoms with Crippen LogP contribution in [0.4, 0.5) is 5.69 Å². The number of hydrogen-bond donors (Lipinski definition) is 1. The lowest BCUT2D eigenvalue weighted by Gasteiger charge is -2.28. The minimum absolute atomic E-state index is 0.342. The highest BCUT2D eigenvalue weighted by Crippen LogP contribution is 2.18. The first-order valence-electron chi connectivity index (χ1n) is 5.90. The third-order valence-electron chi connectivity index (χ3n) is 2.88. The van der Waals surface area contributed by atoms with Gasteiger partial charge in [-0.1, -0.05) is 26.1 Å². The predicted octanol–water partition coefficient (Wildman–Crippen LogP) is 2.59. The van der Waals surface area contributed by atoms with Gasteiger partial charge in [-0.2, -0.15) is 0 Å². The third kappa shape index (κ3) is 3.97. The second-order valence-electron chi connectivity index (χ2n) is 4.86. The molecule has 0 aliphatic heterocycles. The Kier molecular flexibility index (Phi) is 4.87. The first-order valence-corrected chi connectivity index (χ1v) is 6.31. The van der Waals surface area contributed by atoms with Crippen LogP contribution in [0.1, 0.15) is 32.9 Å². The molecule has 3 nitrogen and oxygen atoms in total. The molecular weight excluding hydrogens is 230 g/mol. The summed E-state index contributed by atoms with van der Waals surface area (Å²) < 4.78 is 0. The molecule has 1 aromatic rings. The largest absolute Gasteiger partial charge is 0.388 e. The van der Waals surface area contributed by atoms with Crippen molar-refractivity contribution in [3.8, 4) is 0 Å². The molecule has 0 bridgehead atoms. The maximum Gasteiger partial charge on any atom is 0.122 e. The molecule has 0 fully saturated rings. The van der Waals surface area contributed by atoms with E-state index in [1.165, 1.54) is 0 Å². The molecule has 17 heavy (non-hydrogen) atoms. The number of nitrogens with two attached hydrogens (primary N) is 1. The van der Waals surface area contributed by atoms with Gasteiger partial charge in [0, 0.05) is 13.1 Å². The van der Waals surface area contributed by atoms with E-state index in [1.54, 1.807) is 0 Å². The van der Waals surface area contributed by atoms with Crippen molar-refractivity contribution >= 4 is 22.9 Å². The van der Waals surface area contributed by atoms with Crippen molar-refractivity contribution in [3.05, 3.63) is 24.0 Å². The highest BCUT2D eigenvalue weighted by molar-refractivity contribution is 7.80. The molecular formula is C13H21N3S. The zero-order valence-electron chi connectivity index (χ0n) is 11.0. The van der Waals surface area contributed by atoms with Crippen LogP contribution in [-0.4, -0.2) is 23.1 Å². The maximum absolute atomic E-state index is 5.52. The second-order valence-corrected chi connectivity index (χ2v) is 5.30. The van der Waals surface area contributed by atoms with Crippen molar-refractivity contribution in [1.82, 2.24) is 4.98 Å². The summed E-state index contributed by atoms with van der Waals surface area (Å²) in [6.45, 7) is 6.69. The molecule has 0 aliphatic rings. The Morgan fingerprint density at radius 2 is 2.06 bits per heavy atom. The molecule has 0 aromatic carbocycles. The lowest BCUT2D eigenvalue weighted by molar-refractivity contribution is 0.504. The number of aromatic nitrogens is 1. The standard InChI is InChI=1S/C13H21N3S/c1-9(2)7-10(3)16(4)11-5-6-12(13(14)17)15-8-11/h5-6,8-10H,7H2,1-4H3,(H2,14,17). The van der Waals surface area contributed by atoms with Crippen molar-refractivity contribution in [2.75, 3.05) is 11.9 Å². The zero-order chi connectivity index (χ0) is 13.0. The highest BCUT2D eigenvalue weighted by Gasteiger charge is 2.12. The number of anilines is 1. The SMILES string of the molecule is CC(C)CC(C)N(C)c1ccc(C(N)=S)nc1. The van der Waals surface area contributed by atoms with Crippen LogP contribution >= 0.6 is 12.2 Å². The van der Waals surface area contributed by atoms with E-state index in [0.717, 1.165) is 12.1 Å². The molecule has 1 atom stereocenters. The van der Waals surface area contributed by atoms with Gasteiger partial charge in [-0.05, 0) is 31.4 Å². The van der Waals surface area contributed by atoms with Crippen LogP contribution in [-0.2, 0) is 0 Å². The van der Waals surface area contributed by atoms with E-state index in [9.17, 15) is 0 Å². The van der Waals surface area contributed by atoms with Crippen molar-refractivity contribution in [2.24, 2.45) is 11.7 Å². The Hall–Kier alpha value is -1.16. The van der Waals surface area contributed by atoms with Crippen LogP contribution in [0, 0.1) is 5.92 Å². The summed E-state index contributed by atoms with van der Waals surface area (Å²) in [5.41, 5.74) is 7.29. The van der Waals surface area contributed by atoms with Crippen molar-refractivity contribution < 1.29 is 0 Å². The number of hydrogen-bond acceptors (Lipinski definition) is 3. The van der Waals surface area contributed by atoms with Gasteiger partial charge in [0.05, 0.1) is 17.6 Å². The average molecular weight is 251 g/mol. The molecule has 0 aliphatic carbocycles. The Morgan fingerprint density at radius 1 is 1.41 bits per heavy atom. The van der Waals surface area contributed by atoms with E-state index < -0.39 is 0 Å². The Bertz CT molecular complexity index is 373. The van der Waals surface area contributed by atoms with Crippen LogP contribution < -0.4 is 10.6 Å². The van der Waals surface area contributed by atoms with Gasteiger partial charge < -0.3 is 10.6 Å². The number of nitrogens with zero attached hydrogens (tertiary/aromatic N) is 2. The summed E-state index contributed by atoms with van der Waals surface area (Å²) in [7, 11) is 2.09. The number of rotatable bonds is 5. The average Bonchev–Trinajstić information content (AvgIpc) is 2.27. The molecule has 0 spiro atoms. The minimum Gasteiger partial charge on any atom is -0.388 e. The van der Waals surface area contributed by atoms with E-state index in [4.69, 9.17) is 18.0 Å². The number of pyridine rings is 1. The summed E-state index contributed by atoms with van der Waals surface area (Å²) in [5, 5.41) is 0. The molecule has 94 valence electrons. The Labute approximate surface area is 109 Å². The van der Waals surface area contributed by atoms with Crippen molar-refractivity contribution in [1.29, 1.82) is 0 Å². The molecule has 0 amide bonds. The summed E-state index contributed by atoms with van der Waals surface area (Å²) in [6.07, 6.45) is 2.98.